The maximum absolute atomic E-state index is 13.4. The van der Waals surface area contributed by atoms with Gasteiger partial charge in [0.25, 0.3) is 5.91 Å². The Kier molecular flexibility index (Phi) is 9.39. The molecule has 1 aromatic carbocycles. The van der Waals surface area contributed by atoms with Crippen LogP contribution < -0.4 is 10.6 Å². The number of phenols is 1. The zero-order valence-electron chi connectivity index (χ0n) is 23.2. The van der Waals surface area contributed by atoms with Crippen molar-refractivity contribution in [3.05, 3.63) is 28.8 Å². The van der Waals surface area contributed by atoms with Gasteiger partial charge in [-0.25, -0.2) is 0 Å². The highest BCUT2D eigenvalue weighted by Gasteiger charge is 2.34. The van der Waals surface area contributed by atoms with Crippen LogP contribution in [0.4, 0.5) is 0 Å². The summed E-state index contributed by atoms with van der Waals surface area (Å²) in [6.07, 6.45) is 0.224. The average Bonchev–Trinajstić information content (AvgIpc) is 3.23. The maximum Gasteiger partial charge on any atom is 0.251 e. The van der Waals surface area contributed by atoms with Crippen molar-refractivity contribution in [2.24, 2.45) is 11.8 Å². The molecule has 0 aromatic heterocycles. The topological polar surface area (TPSA) is 96.9 Å². The lowest BCUT2D eigenvalue weighted by Crippen LogP contribution is -2.54. The van der Waals surface area contributed by atoms with Crippen molar-refractivity contribution in [1.29, 1.82) is 0 Å². The van der Waals surface area contributed by atoms with E-state index < -0.39 is 12.3 Å². The quantitative estimate of drug-likeness (QED) is 0.493. The summed E-state index contributed by atoms with van der Waals surface area (Å²) >= 11 is 0. The Morgan fingerprint density at radius 1 is 0.943 bits per heavy atom. The number of benzene rings is 1. The van der Waals surface area contributed by atoms with Crippen LogP contribution in [0.1, 0.15) is 97.1 Å². The predicted octanol–water partition coefficient (Wildman–Crippen LogP) is 4.65. The first-order chi connectivity index (χ1) is 16.0. The van der Waals surface area contributed by atoms with E-state index in [1.54, 1.807) is 12.1 Å². The molecule has 3 N–H and O–H groups in total. The molecule has 2 amide bonds. The molecule has 1 aliphatic rings. The van der Waals surface area contributed by atoms with E-state index in [4.69, 9.17) is 9.47 Å². The third-order valence-corrected chi connectivity index (χ3v) is 6.25. The van der Waals surface area contributed by atoms with Gasteiger partial charge >= 0.3 is 0 Å². The summed E-state index contributed by atoms with van der Waals surface area (Å²) in [5, 5.41) is 17.0. The Balaban J connectivity index is 2.33. The van der Waals surface area contributed by atoms with Gasteiger partial charge in [-0.15, -0.1) is 0 Å². The van der Waals surface area contributed by atoms with Crippen LogP contribution in [0.3, 0.4) is 0 Å². The van der Waals surface area contributed by atoms with Crippen LogP contribution in [-0.2, 0) is 25.1 Å². The van der Waals surface area contributed by atoms with E-state index >= 15 is 0 Å². The van der Waals surface area contributed by atoms with Crippen LogP contribution in [0.2, 0.25) is 0 Å². The molecule has 2 unspecified atom stereocenters. The fourth-order valence-electron chi connectivity index (χ4n) is 4.30. The number of amides is 2. The standard InChI is InChI=1S/C28H46N2O5/c1-16(2)13-21(26-34-11-12-35-26)29-25(33)22(17(3)4)30-24(32)18-14-19(27(5,6)7)23(31)20(15-18)28(8,9)10/h14-17,21-22,26,31H,11-13H2,1-10H3,(H,29,33)(H,30,32). The van der Waals surface area contributed by atoms with Crippen molar-refractivity contribution in [2.45, 2.75) is 105 Å². The Morgan fingerprint density at radius 2 is 1.43 bits per heavy atom. The third-order valence-electron chi connectivity index (χ3n) is 6.25. The van der Waals surface area contributed by atoms with Gasteiger partial charge in [-0.1, -0.05) is 69.2 Å². The van der Waals surface area contributed by atoms with E-state index in [1.165, 1.54) is 0 Å². The van der Waals surface area contributed by atoms with Crippen LogP contribution >= 0.6 is 0 Å². The van der Waals surface area contributed by atoms with Gasteiger partial charge in [-0.3, -0.25) is 9.59 Å². The summed E-state index contributed by atoms with van der Waals surface area (Å²) < 4.78 is 11.3. The summed E-state index contributed by atoms with van der Waals surface area (Å²) in [5.74, 6) is -0.186. The van der Waals surface area contributed by atoms with E-state index in [0.717, 1.165) is 0 Å². The highest BCUT2D eigenvalue weighted by molar-refractivity contribution is 5.98. The van der Waals surface area contributed by atoms with Crippen molar-refractivity contribution in [2.75, 3.05) is 13.2 Å². The van der Waals surface area contributed by atoms with Gasteiger partial charge in [0, 0.05) is 16.7 Å². The molecule has 1 heterocycles. The molecule has 0 radical (unpaired) electrons. The molecule has 2 atom stereocenters. The van der Waals surface area contributed by atoms with Gasteiger partial charge in [-0.05, 0) is 41.2 Å². The molecular weight excluding hydrogens is 444 g/mol. The summed E-state index contributed by atoms with van der Waals surface area (Å²) in [7, 11) is 0. The summed E-state index contributed by atoms with van der Waals surface area (Å²) in [6.45, 7) is 21.0. The molecule has 0 saturated carbocycles. The van der Waals surface area contributed by atoms with Crippen LogP contribution in [0.5, 0.6) is 5.75 Å². The largest absolute Gasteiger partial charge is 0.507 e. The van der Waals surface area contributed by atoms with Gasteiger partial charge in [-0.2, -0.15) is 0 Å². The Labute approximate surface area is 211 Å². The number of ether oxygens (including phenoxy) is 2. The maximum atomic E-state index is 13.4. The van der Waals surface area contributed by atoms with Gasteiger partial charge in [0.05, 0.1) is 19.3 Å². The van der Waals surface area contributed by atoms with Crippen molar-refractivity contribution in [1.82, 2.24) is 10.6 Å². The van der Waals surface area contributed by atoms with Crippen LogP contribution in [0.15, 0.2) is 12.1 Å². The van der Waals surface area contributed by atoms with Gasteiger partial charge in [0.2, 0.25) is 5.91 Å². The SMILES string of the molecule is CC(C)CC(NC(=O)C(NC(=O)c1cc(C(C)(C)C)c(O)c(C(C)(C)C)c1)C(C)C)C1OCCO1. The Hall–Kier alpha value is -2.12. The predicted molar refractivity (Wildman–Crippen MR) is 139 cm³/mol. The number of carbonyl (C=O) groups excluding carboxylic acids is 2. The number of phenolic OH excluding ortho intramolecular Hbond substituents is 1. The van der Waals surface area contributed by atoms with Crippen LogP contribution in [-0.4, -0.2) is 48.5 Å². The van der Waals surface area contributed by atoms with Crippen LogP contribution in [0, 0.1) is 11.8 Å². The lowest BCUT2D eigenvalue weighted by atomic mass is 9.78. The van der Waals surface area contributed by atoms with E-state index in [2.05, 4.69) is 24.5 Å². The fourth-order valence-corrected chi connectivity index (χ4v) is 4.30. The number of nitrogens with one attached hydrogen (secondary N) is 2. The molecule has 1 aromatic rings. The molecule has 7 heteroatoms. The molecule has 0 aliphatic carbocycles. The number of hydrogen-bond acceptors (Lipinski definition) is 5. The zero-order valence-corrected chi connectivity index (χ0v) is 23.2. The molecule has 1 aliphatic heterocycles. The first kappa shape index (κ1) is 29.1. The van der Waals surface area contributed by atoms with Gasteiger partial charge in [0.15, 0.2) is 6.29 Å². The minimum absolute atomic E-state index is 0.134. The Morgan fingerprint density at radius 3 is 1.83 bits per heavy atom. The molecule has 0 bridgehead atoms. The van der Waals surface area contributed by atoms with E-state index in [9.17, 15) is 14.7 Å². The van der Waals surface area contributed by atoms with Gasteiger partial charge in [0.1, 0.15) is 11.8 Å². The third kappa shape index (κ3) is 7.68. The minimum Gasteiger partial charge on any atom is -0.507 e. The Bertz CT molecular complexity index is 855. The molecule has 2 rings (SSSR count). The van der Waals surface area contributed by atoms with Crippen molar-refractivity contribution in [3.63, 3.8) is 0 Å². The second-order valence-electron chi connectivity index (χ2n) is 12.5. The van der Waals surface area contributed by atoms with Gasteiger partial charge < -0.3 is 25.2 Å². The number of hydrogen-bond donors (Lipinski definition) is 3. The summed E-state index contributed by atoms with van der Waals surface area (Å²) in [4.78, 5) is 26.8. The molecule has 35 heavy (non-hydrogen) atoms. The van der Waals surface area contributed by atoms with Crippen molar-refractivity contribution >= 4 is 11.8 Å². The van der Waals surface area contributed by atoms with Crippen LogP contribution in [0.25, 0.3) is 0 Å². The highest BCUT2D eigenvalue weighted by atomic mass is 16.7. The number of aromatic hydroxyl groups is 1. The lowest BCUT2D eigenvalue weighted by Gasteiger charge is -2.30. The number of carbonyl (C=O) groups is 2. The molecule has 7 nitrogen and oxygen atoms in total. The molecular formula is C28H46N2O5. The smallest absolute Gasteiger partial charge is 0.251 e. The monoisotopic (exact) mass is 490 g/mol. The van der Waals surface area contributed by atoms with Crippen molar-refractivity contribution < 1.29 is 24.2 Å². The second kappa shape index (κ2) is 11.3. The molecule has 1 fully saturated rings. The minimum atomic E-state index is -0.733. The molecule has 1 saturated heterocycles. The molecule has 198 valence electrons. The second-order valence-corrected chi connectivity index (χ2v) is 12.5. The average molecular weight is 491 g/mol. The van der Waals surface area contributed by atoms with E-state index in [0.29, 0.717) is 42.2 Å². The van der Waals surface area contributed by atoms with E-state index in [1.807, 2.05) is 55.4 Å². The molecule has 0 spiro atoms. The van der Waals surface area contributed by atoms with Crippen molar-refractivity contribution in [3.8, 4) is 5.75 Å². The fraction of sp³-hybridized carbons (Fsp3) is 0.714. The summed E-state index contributed by atoms with van der Waals surface area (Å²) in [5.41, 5.74) is 1.11. The normalized spacial score (nSPS) is 17.0. The highest BCUT2D eigenvalue weighted by Crippen LogP contribution is 2.39. The van der Waals surface area contributed by atoms with E-state index in [-0.39, 0.29) is 40.4 Å². The lowest BCUT2D eigenvalue weighted by molar-refractivity contribution is -0.129. The number of rotatable bonds is 8. The summed E-state index contributed by atoms with van der Waals surface area (Å²) in [6, 6.07) is 2.44. The zero-order chi connectivity index (χ0) is 26.7. The first-order valence-electron chi connectivity index (χ1n) is 12.7. The first-order valence-corrected chi connectivity index (χ1v) is 12.7.